The number of halogens is 1. The number of carbonyl (C=O) groups excluding carboxylic acids is 3. The monoisotopic (exact) mass is 448 g/mol. The van der Waals surface area contributed by atoms with Crippen molar-refractivity contribution in [2.75, 3.05) is 13.7 Å². The number of methoxy groups -OCH3 is 1. The Bertz CT molecular complexity index is 1170. The van der Waals surface area contributed by atoms with E-state index in [1.165, 1.54) is 13.2 Å². The molecule has 3 amide bonds. The molecule has 0 aromatic heterocycles. The smallest absolute Gasteiger partial charge is 0.325 e. The number of urea groups is 1. The van der Waals surface area contributed by atoms with Gasteiger partial charge in [-0.2, -0.15) is 0 Å². The highest BCUT2D eigenvalue weighted by Gasteiger charge is 2.52. The number of amides is 3. The van der Waals surface area contributed by atoms with Crippen LogP contribution in [0, 0.1) is 0 Å². The summed E-state index contributed by atoms with van der Waals surface area (Å²) in [5.41, 5.74) is 0.541. The molecule has 4 rings (SSSR count). The molecule has 0 bridgehead atoms. The standard InChI is InChI=1S/C25H21ClN2O4/c1-32-22-13-12-18(14-20(22)26)21(29)16-28-23(30)25(27-24(28)31,19-10-6-3-7-11-19)15-17-8-4-2-5-9-17/h2-14H,15-16H2,1H3,(H,27,31). The fourth-order valence-electron chi connectivity index (χ4n) is 3.89. The predicted molar refractivity (Wildman–Crippen MR) is 121 cm³/mol. The van der Waals surface area contributed by atoms with Gasteiger partial charge >= 0.3 is 6.03 Å². The summed E-state index contributed by atoms with van der Waals surface area (Å²) in [6, 6.07) is 22.5. The quantitative estimate of drug-likeness (QED) is 0.433. The lowest BCUT2D eigenvalue weighted by atomic mass is 9.83. The minimum Gasteiger partial charge on any atom is -0.495 e. The first kappa shape index (κ1) is 21.6. The molecule has 6 nitrogen and oxygen atoms in total. The Hall–Kier alpha value is -3.64. The Morgan fingerprint density at radius 2 is 1.66 bits per heavy atom. The lowest BCUT2D eigenvalue weighted by molar-refractivity contribution is -0.131. The molecule has 1 aliphatic heterocycles. The maximum absolute atomic E-state index is 13.6. The van der Waals surface area contributed by atoms with E-state index in [4.69, 9.17) is 16.3 Å². The average molecular weight is 449 g/mol. The van der Waals surface area contributed by atoms with Crippen molar-refractivity contribution in [1.29, 1.82) is 0 Å². The van der Waals surface area contributed by atoms with Crippen molar-refractivity contribution in [3.8, 4) is 5.75 Å². The molecule has 1 unspecified atom stereocenters. The fourth-order valence-corrected chi connectivity index (χ4v) is 4.14. The second kappa shape index (κ2) is 8.85. The first-order valence-corrected chi connectivity index (χ1v) is 10.4. The zero-order chi connectivity index (χ0) is 22.7. The molecule has 0 radical (unpaired) electrons. The van der Waals surface area contributed by atoms with Crippen molar-refractivity contribution < 1.29 is 19.1 Å². The molecular weight excluding hydrogens is 428 g/mol. The molecule has 1 saturated heterocycles. The Balaban J connectivity index is 1.65. The minimum atomic E-state index is -1.29. The summed E-state index contributed by atoms with van der Waals surface area (Å²) in [5, 5.41) is 3.13. The Labute approximate surface area is 190 Å². The molecule has 1 aliphatic rings. The summed E-state index contributed by atoms with van der Waals surface area (Å²) in [7, 11) is 1.48. The number of imide groups is 1. The Morgan fingerprint density at radius 3 is 2.28 bits per heavy atom. The molecule has 0 spiro atoms. The summed E-state index contributed by atoms with van der Waals surface area (Å²) in [4.78, 5) is 40.4. The average Bonchev–Trinajstić information content (AvgIpc) is 3.05. The van der Waals surface area contributed by atoms with Gasteiger partial charge in [0.1, 0.15) is 5.75 Å². The summed E-state index contributed by atoms with van der Waals surface area (Å²) in [6.07, 6.45) is 0.265. The third-order valence-corrected chi connectivity index (χ3v) is 5.83. The summed E-state index contributed by atoms with van der Waals surface area (Å²) >= 11 is 6.13. The minimum absolute atomic E-state index is 0.265. The third-order valence-electron chi connectivity index (χ3n) is 5.53. The second-order valence-corrected chi connectivity index (χ2v) is 7.93. The van der Waals surface area contributed by atoms with Gasteiger partial charge < -0.3 is 10.1 Å². The third kappa shape index (κ3) is 3.97. The number of benzene rings is 3. The van der Waals surface area contributed by atoms with Crippen LogP contribution in [0.3, 0.4) is 0 Å². The van der Waals surface area contributed by atoms with Gasteiger partial charge in [0.15, 0.2) is 11.3 Å². The number of nitrogens with one attached hydrogen (secondary N) is 1. The fraction of sp³-hybridized carbons (Fsp3) is 0.160. The van der Waals surface area contributed by atoms with Gasteiger partial charge in [-0.05, 0) is 29.3 Å². The van der Waals surface area contributed by atoms with Crippen LogP contribution >= 0.6 is 11.6 Å². The van der Waals surface area contributed by atoms with Crippen molar-refractivity contribution in [2.24, 2.45) is 0 Å². The largest absolute Gasteiger partial charge is 0.495 e. The van der Waals surface area contributed by atoms with Crippen molar-refractivity contribution in [1.82, 2.24) is 10.2 Å². The van der Waals surface area contributed by atoms with Crippen LogP contribution in [0.4, 0.5) is 4.79 Å². The number of Topliss-reactive ketones (excluding diaryl/α,β-unsaturated/α-hetero) is 1. The molecule has 162 valence electrons. The van der Waals surface area contributed by atoms with Gasteiger partial charge in [-0.1, -0.05) is 72.3 Å². The zero-order valence-electron chi connectivity index (χ0n) is 17.4. The van der Waals surface area contributed by atoms with Gasteiger partial charge in [0, 0.05) is 12.0 Å². The maximum Gasteiger partial charge on any atom is 0.325 e. The molecule has 1 atom stereocenters. The van der Waals surface area contributed by atoms with E-state index in [9.17, 15) is 14.4 Å². The van der Waals surface area contributed by atoms with E-state index < -0.39 is 29.8 Å². The summed E-state index contributed by atoms with van der Waals surface area (Å²) in [5.74, 6) is -0.434. The van der Waals surface area contributed by atoms with E-state index in [2.05, 4.69) is 5.32 Å². The Kier molecular flexibility index (Phi) is 5.97. The second-order valence-electron chi connectivity index (χ2n) is 7.53. The Morgan fingerprint density at radius 1 is 1.00 bits per heavy atom. The van der Waals surface area contributed by atoms with Crippen LogP contribution in [0.1, 0.15) is 21.5 Å². The van der Waals surface area contributed by atoms with E-state index in [0.717, 1.165) is 10.5 Å². The molecule has 1 fully saturated rings. The molecule has 32 heavy (non-hydrogen) atoms. The number of hydrogen-bond donors (Lipinski definition) is 1. The van der Waals surface area contributed by atoms with Gasteiger partial charge in [0.05, 0.1) is 18.7 Å². The van der Waals surface area contributed by atoms with Gasteiger partial charge in [0.2, 0.25) is 0 Å². The molecule has 1 heterocycles. The van der Waals surface area contributed by atoms with Crippen LogP contribution in [-0.4, -0.2) is 36.3 Å². The van der Waals surface area contributed by atoms with Crippen LogP contribution < -0.4 is 10.1 Å². The number of ketones is 1. The van der Waals surface area contributed by atoms with Gasteiger partial charge in [0.25, 0.3) is 5.91 Å². The zero-order valence-corrected chi connectivity index (χ0v) is 18.1. The number of rotatable bonds is 7. The van der Waals surface area contributed by atoms with Gasteiger partial charge in [-0.25, -0.2) is 4.79 Å². The van der Waals surface area contributed by atoms with E-state index in [1.54, 1.807) is 24.3 Å². The lowest BCUT2D eigenvalue weighted by Gasteiger charge is -2.27. The molecule has 1 N–H and O–H groups in total. The van der Waals surface area contributed by atoms with E-state index in [-0.39, 0.29) is 17.0 Å². The highest BCUT2D eigenvalue weighted by Crippen LogP contribution is 2.33. The predicted octanol–water partition coefficient (Wildman–Crippen LogP) is 4.22. The van der Waals surface area contributed by atoms with E-state index in [0.29, 0.717) is 11.3 Å². The highest BCUT2D eigenvalue weighted by atomic mass is 35.5. The molecule has 3 aromatic carbocycles. The molecule has 0 saturated carbocycles. The molecule has 7 heteroatoms. The van der Waals surface area contributed by atoms with E-state index >= 15 is 0 Å². The maximum atomic E-state index is 13.6. The van der Waals surface area contributed by atoms with Crippen LogP contribution in [0.25, 0.3) is 0 Å². The van der Waals surface area contributed by atoms with Crippen LogP contribution in [0.5, 0.6) is 5.75 Å². The highest BCUT2D eigenvalue weighted by molar-refractivity contribution is 6.32. The molecule has 0 aliphatic carbocycles. The summed E-state index contributed by atoms with van der Waals surface area (Å²) in [6.45, 7) is -0.392. The van der Waals surface area contributed by atoms with Crippen LogP contribution in [0.15, 0.2) is 78.9 Å². The number of carbonyl (C=O) groups is 3. The van der Waals surface area contributed by atoms with Crippen molar-refractivity contribution in [3.05, 3.63) is 101 Å². The first-order valence-electron chi connectivity index (χ1n) is 10.0. The van der Waals surface area contributed by atoms with Gasteiger partial charge in [-0.15, -0.1) is 0 Å². The first-order chi connectivity index (χ1) is 15.4. The SMILES string of the molecule is COc1ccc(C(=O)CN2C(=O)NC(Cc3ccccc3)(c3ccccc3)C2=O)cc1Cl. The topological polar surface area (TPSA) is 75.7 Å². The van der Waals surface area contributed by atoms with Crippen LogP contribution in [0.2, 0.25) is 5.02 Å². The lowest BCUT2D eigenvalue weighted by Crippen LogP contribution is -2.46. The summed E-state index contributed by atoms with van der Waals surface area (Å²) < 4.78 is 5.11. The van der Waals surface area contributed by atoms with Gasteiger partial charge in [-0.3, -0.25) is 14.5 Å². The normalized spacial score (nSPS) is 17.9. The number of ether oxygens (including phenoxy) is 1. The molecular formula is C25H21ClN2O4. The van der Waals surface area contributed by atoms with Crippen molar-refractivity contribution >= 4 is 29.3 Å². The van der Waals surface area contributed by atoms with E-state index in [1.807, 2.05) is 48.5 Å². The van der Waals surface area contributed by atoms with Crippen molar-refractivity contribution in [2.45, 2.75) is 12.0 Å². The number of hydrogen-bond acceptors (Lipinski definition) is 4. The van der Waals surface area contributed by atoms with Crippen LogP contribution in [-0.2, 0) is 16.8 Å². The van der Waals surface area contributed by atoms with Crippen molar-refractivity contribution in [3.63, 3.8) is 0 Å². The molecule has 3 aromatic rings. The number of nitrogens with zero attached hydrogens (tertiary/aromatic N) is 1.